The fourth-order valence-corrected chi connectivity index (χ4v) is 4.87. The fraction of sp³-hybridized carbons (Fsp3) is 0.240. The lowest BCUT2D eigenvalue weighted by Crippen LogP contribution is -2.14. The van der Waals surface area contributed by atoms with Crippen molar-refractivity contribution in [2.45, 2.75) is 31.1 Å². The van der Waals surface area contributed by atoms with Gasteiger partial charge in [-0.1, -0.05) is 32.9 Å². The van der Waals surface area contributed by atoms with Crippen LogP contribution in [0.5, 0.6) is 11.9 Å². The van der Waals surface area contributed by atoms with Crippen molar-refractivity contribution in [3.63, 3.8) is 0 Å². The second-order valence-electron chi connectivity index (χ2n) is 9.10. The largest absolute Gasteiger partial charge is 0.480 e. The number of hydrogen-bond acceptors (Lipinski definition) is 7. The lowest BCUT2D eigenvalue weighted by atomic mass is 9.87. The maximum Gasteiger partial charge on any atom is 0.352 e. The van der Waals surface area contributed by atoms with Crippen LogP contribution in [0.2, 0.25) is 0 Å². The van der Waals surface area contributed by atoms with E-state index in [9.17, 15) is 18.3 Å². The predicted molar refractivity (Wildman–Crippen MR) is 135 cm³/mol. The predicted octanol–water partition coefficient (Wildman–Crippen LogP) is 4.44. The summed E-state index contributed by atoms with van der Waals surface area (Å²) in [5.74, 6) is -1.10. The molecule has 0 aliphatic heterocycles. The third kappa shape index (κ3) is 4.69. The van der Waals surface area contributed by atoms with Crippen molar-refractivity contribution in [1.29, 1.82) is 0 Å². The molecule has 10 nitrogen and oxygen atoms in total. The van der Waals surface area contributed by atoms with Gasteiger partial charge in [0.15, 0.2) is 0 Å². The molecule has 0 spiro atoms. The van der Waals surface area contributed by atoms with E-state index in [1.54, 1.807) is 42.5 Å². The van der Waals surface area contributed by atoms with Crippen molar-refractivity contribution in [2.24, 2.45) is 0 Å². The number of ether oxygens (including phenoxy) is 2. The number of nitrogens with one attached hydrogen (secondary N) is 2. The van der Waals surface area contributed by atoms with Crippen LogP contribution >= 0.6 is 0 Å². The van der Waals surface area contributed by atoms with Gasteiger partial charge in [-0.2, -0.15) is 4.98 Å². The van der Waals surface area contributed by atoms with E-state index in [0.29, 0.717) is 16.5 Å². The first kappa shape index (κ1) is 25.0. The number of hydrogen-bond donors (Lipinski definition) is 3. The summed E-state index contributed by atoms with van der Waals surface area (Å²) >= 11 is 0. The monoisotopic (exact) mass is 510 g/mol. The number of nitrogens with zero attached hydrogens (tertiary/aromatic N) is 2. The molecule has 0 radical (unpaired) electrons. The van der Waals surface area contributed by atoms with Gasteiger partial charge in [0.2, 0.25) is 5.88 Å². The van der Waals surface area contributed by atoms with E-state index < -0.39 is 16.0 Å². The molecular formula is C25H26N4O6S. The first-order valence-corrected chi connectivity index (χ1v) is 12.4. The van der Waals surface area contributed by atoms with Gasteiger partial charge in [0.05, 0.1) is 24.7 Å². The molecule has 0 saturated carbocycles. The average Bonchev–Trinajstić information content (AvgIpc) is 3.22. The van der Waals surface area contributed by atoms with Gasteiger partial charge >= 0.3 is 12.0 Å². The number of anilines is 1. The van der Waals surface area contributed by atoms with Gasteiger partial charge in [0.25, 0.3) is 10.0 Å². The molecule has 4 rings (SSSR count). The maximum absolute atomic E-state index is 13.1. The Hall–Kier alpha value is -4.12. The molecule has 0 fully saturated rings. The number of benzene rings is 2. The van der Waals surface area contributed by atoms with Crippen molar-refractivity contribution in [2.75, 3.05) is 18.9 Å². The third-order valence-corrected chi connectivity index (χ3v) is 7.07. The standard InChI is InChI=1S/C25H26N4O6S/c1-25(2,3)14-6-9-16(10-7-14)36(32,33)29-15-8-11-19-17(12-15)20(21(27-19)23(30)31)18-13-26-24(35-5)28-22(18)34-4/h6-13,27,29H,1-5H3,(H,30,31). The van der Waals surface area contributed by atoms with Crippen LogP contribution < -0.4 is 14.2 Å². The zero-order valence-corrected chi connectivity index (χ0v) is 21.2. The molecule has 11 heteroatoms. The summed E-state index contributed by atoms with van der Waals surface area (Å²) in [6.45, 7) is 6.14. The Morgan fingerprint density at radius 1 is 1.06 bits per heavy atom. The molecule has 36 heavy (non-hydrogen) atoms. The number of fused-ring (bicyclic) bond motifs is 1. The van der Waals surface area contributed by atoms with Crippen LogP contribution in [0.25, 0.3) is 22.0 Å². The topological polar surface area (TPSA) is 144 Å². The first-order valence-electron chi connectivity index (χ1n) is 10.9. The second-order valence-corrected chi connectivity index (χ2v) is 10.8. The van der Waals surface area contributed by atoms with Crippen LogP contribution in [0.3, 0.4) is 0 Å². The normalized spacial score (nSPS) is 11.9. The summed E-state index contributed by atoms with van der Waals surface area (Å²) in [5, 5.41) is 10.3. The van der Waals surface area contributed by atoms with Crippen LogP contribution in [0.1, 0.15) is 36.8 Å². The van der Waals surface area contributed by atoms with Crippen molar-refractivity contribution >= 4 is 32.6 Å². The second kappa shape index (κ2) is 9.15. The summed E-state index contributed by atoms with van der Waals surface area (Å²) in [5.41, 5.74) is 2.09. The molecule has 0 aliphatic rings. The molecular weight excluding hydrogens is 484 g/mol. The Morgan fingerprint density at radius 3 is 2.33 bits per heavy atom. The molecule has 0 amide bonds. The van der Waals surface area contributed by atoms with Crippen LogP contribution in [0.4, 0.5) is 5.69 Å². The number of aromatic nitrogens is 3. The highest BCUT2D eigenvalue weighted by Crippen LogP contribution is 2.38. The Bertz CT molecular complexity index is 1550. The van der Waals surface area contributed by atoms with E-state index in [0.717, 1.165) is 5.56 Å². The molecule has 3 N–H and O–H groups in total. The third-order valence-electron chi connectivity index (χ3n) is 5.67. The van der Waals surface area contributed by atoms with Crippen molar-refractivity contribution in [1.82, 2.24) is 15.0 Å². The van der Waals surface area contributed by atoms with E-state index in [1.807, 2.05) is 20.8 Å². The number of carboxylic acids is 1. The highest BCUT2D eigenvalue weighted by atomic mass is 32.2. The Morgan fingerprint density at radius 2 is 1.75 bits per heavy atom. The molecule has 0 aliphatic carbocycles. The lowest BCUT2D eigenvalue weighted by molar-refractivity contribution is 0.0692. The SMILES string of the molecule is COc1ncc(-c2c(C(=O)O)[nH]c3ccc(NS(=O)(=O)c4ccc(C(C)(C)C)cc4)cc23)c(OC)n1. The number of methoxy groups -OCH3 is 2. The van der Waals surface area contributed by atoms with Crippen LogP contribution in [-0.4, -0.2) is 48.7 Å². The molecule has 4 aromatic rings. The summed E-state index contributed by atoms with van der Waals surface area (Å²) in [6, 6.07) is 11.5. The molecule has 188 valence electrons. The Kier molecular flexibility index (Phi) is 6.35. The van der Waals surface area contributed by atoms with Gasteiger partial charge in [-0.05, 0) is 41.3 Å². The highest BCUT2D eigenvalue weighted by molar-refractivity contribution is 7.92. The zero-order valence-electron chi connectivity index (χ0n) is 20.4. The van der Waals surface area contributed by atoms with Crippen molar-refractivity contribution < 1.29 is 27.8 Å². The van der Waals surface area contributed by atoms with Crippen molar-refractivity contribution in [3.05, 3.63) is 59.9 Å². The number of H-pyrrole nitrogens is 1. The molecule has 2 aromatic carbocycles. The molecule has 0 atom stereocenters. The Balaban J connectivity index is 1.80. The summed E-state index contributed by atoms with van der Waals surface area (Å²) in [7, 11) is -1.10. The van der Waals surface area contributed by atoms with Gasteiger partial charge in [0.1, 0.15) is 5.69 Å². The van der Waals surface area contributed by atoms with E-state index >= 15 is 0 Å². The smallest absolute Gasteiger partial charge is 0.352 e. The van der Waals surface area contributed by atoms with Crippen LogP contribution in [0.15, 0.2) is 53.6 Å². The highest BCUT2D eigenvalue weighted by Gasteiger charge is 2.24. The molecule has 0 bridgehead atoms. The van der Waals surface area contributed by atoms with Gasteiger partial charge in [0, 0.05) is 28.4 Å². The number of sulfonamides is 1. The minimum absolute atomic E-state index is 0.0539. The van der Waals surface area contributed by atoms with Crippen LogP contribution in [-0.2, 0) is 15.4 Å². The number of aromatic carboxylic acids is 1. The van der Waals surface area contributed by atoms with E-state index in [4.69, 9.17) is 9.47 Å². The van der Waals surface area contributed by atoms with E-state index in [-0.39, 0.29) is 39.1 Å². The minimum atomic E-state index is -3.90. The van der Waals surface area contributed by atoms with Gasteiger partial charge in [-0.3, -0.25) is 4.72 Å². The number of aromatic amines is 1. The maximum atomic E-state index is 13.1. The van der Waals surface area contributed by atoms with Gasteiger partial charge in [-0.15, -0.1) is 0 Å². The van der Waals surface area contributed by atoms with Crippen LogP contribution in [0, 0.1) is 0 Å². The number of carbonyl (C=O) groups is 1. The minimum Gasteiger partial charge on any atom is -0.480 e. The van der Waals surface area contributed by atoms with Crippen molar-refractivity contribution in [3.8, 4) is 23.0 Å². The Labute approximate surface area is 208 Å². The van der Waals surface area contributed by atoms with Gasteiger partial charge < -0.3 is 19.6 Å². The number of rotatable bonds is 7. The summed E-state index contributed by atoms with van der Waals surface area (Å²) in [6.07, 6.45) is 1.40. The van der Waals surface area contributed by atoms with Gasteiger partial charge in [-0.25, -0.2) is 18.2 Å². The summed E-state index contributed by atoms with van der Waals surface area (Å²) < 4.78 is 39.1. The average molecular weight is 511 g/mol. The molecule has 0 saturated heterocycles. The molecule has 2 heterocycles. The summed E-state index contributed by atoms with van der Waals surface area (Å²) in [4.78, 5) is 23.2. The molecule has 2 aromatic heterocycles. The molecule has 0 unspecified atom stereocenters. The quantitative estimate of drug-likeness (QED) is 0.331. The van der Waals surface area contributed by atoms with E-state index in [1.165, 1.54) is 20.4 Å². The first-order chi connectivity index (χ1) is 16.9. The lowest BCUT2D eigenvalue weighted by Gasteiger charge is -2.19. The van der Waals surface area contributed by atoms with E-state index in [2.05, 4.69) is 19.7 Å². The fourth-order valence-electron chi connectivity index (χ4n) is 3.82. The number of carboxylic acid groups (broad SMARTS) is 1. The zero-order chi connectivity index (χ0) is 26.3.